The van der Waals surface area contributed by atoms with Crippen LogP contribution in [0.2, 0.25) is 0 Å². The van der Waals surface area contributed by atoms with Crippen LogP contribution >= 0.6 is 23.5 Å². The van der Waals surface area contributed by atoms with E-state index in [9.17, 15) is 23.4 Å². The number of Topliss-reactive ketones (excluding diaryl/α,β-unsaturated/α-hetero) is 1. The summed E-state index contributed by atoms with van der Waals surface area (Å²) in [6.07, 6.45) is 1.93. The molecule has 5 heterocycles. The summed E-state index contributed by atoms with van der Waals surface area (Å²) in [5.74, 6) is -3.82. The van der Waals surface area contributed by atoms with Crippen LogP contribution in [0, 0.1) is 11.8 Å². The van der Waals surface area contributed by atoms with Crippen LogP contribution < -0.4 is 0 Å². The number of aromatic nitrogens is 4. The lowest BCUT2D eigenvalue weighted by atomic mass is 9.77. The van der Waals surface area contributed by atoms with Gasteiger partial charge in [-0.25, -0.2) is 19.0 Å². The fourth-order valence-electron chi connectivity index (χ4n) is 9.44. The van der Waals surface area contributed by atoms with E-state index < -0.39 is 71.3 Å². The number of thiazole rings is 1. The van der Waals surface area contributed by atoms with E-state index in [1.807, 2.05) is 51.5 Å². The number of ether oxygens (including phenoxy) is 5. The molecular formula is C42H69F2N7O9S2. The van der Waals surface area contributed by atoms with E-state index in [2.05, 4.69) is 27.1 Å². The molecule has 3 aliphatic heterocycles. The SMILES string of the molecule is CC[C@H]1OC(=O)C(C)(F)C(=O)[C@@H](C)[C@@H](O[C@@H]2OC(C)CC(N(C)C)C2O)[C@](C)(OC)C[C@@H](C)CN(C)[C@H](C)[C@H]2N(CCCCn3cc(-c4nccs4)nn3)C(=O)O[C@]12C.CSF. The average Bonchev–Trinajstić information content (AvgIpc) is 3.97. The zero-order valence-corrected chi connectivity index (χ0v) is 40.2. The minimum atomic E-state index is -3.13. The largest absolute Gasteiger partial charge is 0.455 e. The number of unbranched alkanes of at least 4 members (excludes halogenated alkanes) is 1. The number of nitrogens with zero attached hydrogens (tertiary/aromatic N) is 7. The molecule has 0 aromatic carbocycles. The molecule has 13 atom stereocenters. The number of ketones is 1. The van der Waals surface area contributed by atoms with Crippen LogP contribution in [0.15, 0.2) is 17.8 Å². The van der Waals surface area contributed by atoms with E-state index >= 15 is 4.39 Å². The number of fused-ring (bicyclic) bond motifs is 1. The van der Waals surface area contributed by atoms with E-state index in [0.717, 1.165) is 11.9 Å². The summed E-state index contributed by atoms with van der Waals surface area (Å²) in [6.45, 7) is 15.1. The summed E-state index contributed by atoms with van der Waals surface area (Å²) in [6, 6.07) is -1.27. The molecule has 5 rings (SSSR count). The zero-order chi connectivity index (χ0) is 46.3. The first kappa shape index (κ1) is 51.8. The second-order valence-corrected chi connectivity index (χ2v) is 19.1. The Hall–Kier alpha value is -2.85. The van der Waals surface area contributed by atoms with E-state index in [0.29, 0.717) is 51.0 Å². The first-order valence-corrected chi connectivity index (χ1v) is 23.4. The number of rotatable bonds is 11. The number of methoxy groups -OCH3 is 1. The number of esters is 1. The predicted octanol–water partition coefficient (Wildman–Crippen LogP) is 5.83. The van der Waals surface area contributed by atoms with E-state index in [1.165, 1.54) is 31.6 Å². The molecule has 3 saturated heterocycles. The van der Waals surface area contributed by atoms with Gasteiger partial charge in [-0.3, -0.25) is 14.4 Å². The van der Waals surface area contributed by atoms with Gasteiger partial charge in [-0.2, -0.15) is 3.89 Å². The highest BCUT2D eigenvalue weighted by Gasteiger charge is 2.61. The number of carbonyl (C=O) groups is 3. The average molecular weight is 918 g/mol. The van der Waals surface area contributed by atoms with Crippen molar-refractivity contribution in [2.75, 3.05) is 47.6 Å². The summed E-state index contributed by atoms with van der Waals surface area (Å²) in [5.41, 5.74) is -5.06. The number of alkyl halides is 1. The van der Waals surface area contributed by atoms with E-state index in [1.54, 1.807) is 36.5 Å². The summed E-state index contributed by atoms with van der Waals surface area (Å²) in [5, 5.41) is 22.6. The Labute approximate surface area is 374 Å². The Morgan fingerprint density at radius 3 is 2.37 bits per heavy atom. The van der Waals surface area contributed by atoms with Crippen molar-refractivity contribution in [1.82, 2.24) is 34.7 Å². The van der Waals surface area contributed by atoms with E-state index in [4.69, 9.17) is 23.7 Å². The monoisotopic (exact) mass is 917 g/mol. The van der Waals surface area contributed by atoms with Crippen molar-refractivity contribution in [3.05, 3.63) is 17.8 Å². The van der Waals surface area contributed by atoms with E-state index in [-0.39, 0.29) is 42.7 Å². The number of cyclic esters (lactones) is 1. The smallest absolute Gasteiger partial charge is 0.410 e. The molecule has 4 unspecified atom stereocenters. The van der Waals surface area contributed by atoms with Gasteiger partial charge >= 0.3 is 12.1 Å². The molecule has 0 aliphatic carbocycles. The summed E-state index contributed by atoms with van der Waals surface area (Å²) in [4.78, 5) is 52.2. The molecule has 0 saturated carbocycles. The molecule has 2 aromatic rings. The number of amides is 1. The van der Waals surface area contributed by atoms with Gasteiger partial charge in [-0.05, 0) is 93.8 Å². The quantitative estimate of drug-likeness (QED) is 0.162. The fourth-order valence-corrected chi connectivity index (χ4v) is 10.0. The first-order chi connectivity index (χ1) is 29.1. The number of hydrogen-bond acceptors (Lipinski definition) is 16. The molecule has 2 aromatic heterocycles. The maximum absolute atomic E-state index is 17.0. The van der Waals surface area contributed by atoms with Gasteiger partial charge in [0.05, 0.1) is 30.0 Å². The molecule has 1 N–H and O–H groups in total. The molecule has 16 nitrogen and oxygen atoms in total. The minimum absolute atomic E-state index is 0.0946. The van der Waals surface area contributed by atoms with Gasteiger partial charge in [0.25, 0.3) is 5.67 Å². The number of carbonyl (C=O) groups excluding carboxylic acids is 3. The maximum atomic E-state index is 17.0. The second kappa shape index (κ2) is 21.9. The van der Waals surface area contributed by atoms with Crippen LogP contribution in [0.4, 0.5) is 13.1 Å². The van der Waals surface area contributed by atoms with Crippen molar-refractivity contribution in [2.45, 2.75) is 160 Å². The summed E-state index contributed by atoms with van der Waals surface area (Å²) >= 11 is 1.73. The predicted molar refractivity (Wildman–Crippen MR) is 233 cm³/mol. The van der Waals surface area contributed by atoms with Gasteiger partial charge in [0.2, 0.25) is 0 Å². The maximum Gasteiger partial charge on any atom is 0.410 e. The van der Waals surface area contributed by atoms with Gasteiger partial charge in [-0.1, -0.05) is 26.0 Å². The highest BCUT2D eigenvalue weighted by Crippen LogP contribution is 2.42. The lowest BCUT2D eigenvalue weighted by molar-refractivity contribution is -0.295. The Morgan fingerprint density at radius 1 is 1.11 bits per heavy atom. The van der Waals surface area contributed by atoms with Crippen molar-refractivity contribution in [2.24, 2.45) is 11.8 Å². The van der Waals surface area contributed by atoms with Crippen molar-refractivity contribution < 1.29 is 51.5 Å². The third kappa shape index (κ3) is 11.5. The number of aryl methyl sites for hydroxylation is 1. The molecule has 0 bridgehead atoms. The molecule has 1 amide bonds. The number of likely N-dealkylation sites (N-methyl/N-ethyl adjacent to an activating group) is 2. The second-order valence-electron chi connectivity index (χ2n) is 17.8. The Kier molecular flexibility index (Phi) is 18.3. The fraction of sp³-hybridized carbons (Fsp3) is 0.810. The number of hydrogen-bond donors (Lipinski definition) is 1. The molecule has 0 spiro atoms. The van der Waals surface area contributed by atoms with Gasteiger partial charge in [0.15, 0.2) is 17.7 Å². The van der Waals surface area contributed by atoms with Gasteiger partial charge in [-0.15, -0.1) is 16.4 Å². The van der Waals surface area contributed by atoms with Gasteiger partial charge in [0.1, 0.15) is 22.9 Å². The molecule has 20 heteroatoms. The molecule has 352 valence electrons. The van der Waals surface area contributed by atoms with Crippen LogP contribution in [0.25, 0.3) is 10.7 Å². The van der Waals surface area contributed by atoms with Crippen LogP contribution in [-0.2, 0) is 39.8 Å². The Morgan fingerprint density at radius 2 is 1.77 bits per heavy atom. The van der Waals surface area contributed by atoms with Crippen molar-refractivity contribution >= 4 is 41.3 Å². The van der Waals surface area contributed by atoms with Crippen LogP contribution in [-0.4, -0.2) is 171 Å². The minimum Gasteiger partial charge on any atom is -0.455 e. The molecule has 0 radical (unpaired) electrons. The third-order valence-corrected chi connectivity index (χ3v) is 13.6. The molecule has 3 fully saturated rings. The van der Waals surface area contributed by atoms with Crippen molar-refractivity contribution in [3.63, 3.8) is 0 Å². The lowest BCUT2D eigenvalue weighted by Gasteiger charge is -2.47. The zero-order valence-electron chi connectivity index (χ0n) is 38.6. The van der Waals surface area contributed by atoms with Crippen LogP contribution in [0.1, 0.15) is 87.5 Å². The molecular weight excluding hydrogens is 849 g/mol. The molecule has 3 aliphatic rings. The normalized spacial score (nSPS) is 36.6. The number of aliphatic hydroxyl groups excluding tert-OH is 1. The van der Waals surface area contributed by atoms with Crippen LogP contribution in [0.3, 0.4) is 0 Å². The standard InChI is InChI=1S/C41H66FN7O9S.CH3FS/c1-13-30-41(8)32(49(38(53)58-41)18-15-14-17-48-23-28(44-45-48)35-43-16-19-59-35)27(5)47(11)22-24(2)21-39(6,54-12)34(26(4)33(51)40(7,42)37(52)56-30)57-36-31(50)29(46(9)10)20-25(3)55-36;1-3-2/h16,19,23-27,29-32,34,36,50H,13-15,17-18,20-22H2,1-12H3;1H3/t24-,25?,26-,27-,29?,30-,31?,32-,34-,36+,39-,40?,41-;/m1./s1. The lowest BCUT2D eigenvalue weighted by Crippen LogP contribution is -2.61. The number of halogens is 2. The van der Waals surface area contributed by atoms with Crippen molar-refractivity contribution in [1.29, 1.82) is 0 Å². The van der Waals surface area contributed by atoms with Crippen molar-refractivity contribution in [3.8, 4) is 10.7 Å². The third-order valence-electron chi connectivity index (χ3n) is 12.8. The Balaban J connectivity index is 0.00000273. The van der Waals surface area contributed by atoms with Crippen LogP contribution in [0.5, 0.6) is 0 Å². The highest BCUT2D eigenvalue weighted by molar-refractivity contribution is 7.93. The Bertz CT molecular complexity index is 1760. The van der Waals surface area contributed by atoms with Gasteiger partial charge < -0.3 is 38.6 Å². The highest BCUT2D eigenvalue weighted by atomic mass is 32.2. The first-order valence-electron chi connectivity index (χ1n) is 21.4. The topological polar surface area (TPSA) is 171 Å². The molecule has 62 heavy (non-hydrogen) atoms. The van der Waals surface area contributed by atoms with Gasteiger partial charge in [0, 0.05) is 74.7 Å². The summed E-state index contributed by atoms with van der Waals surface area (Å²) < 4.78 is 60.0. The number of aliphatic hydroxyl groups is 1. The summed E-state index contributed by atoms with van der Waals surface area (Å²) in [7, 11) is 7.19.